The third-order valence-corrected chi connectivity index (χ3v) is 5.44. The number of fused-ring (bicyclic) bond motifs is 1. The highest BCUT2D eigenvalue weighted by Crippen LogP contribution is 2.38. The van der Waals surface area contributed by atoms with Crippen molar-refractivity contribution in [1.29, 1.82) is 5.26 Å². The van der Waals surface area contributed by atoms with Crippen LogP contribution in [-0.4, -0.2) is 40.9 Å². The fraction of sp³-hybridized carbons (Fsp3) is 0.364. The predicted molar refractivity (Wildman–Crippen MR) is 116 cm³/mol. The van der Waals surface area contributed by atoms with E-state index in [1.165, 1.54) is 22.9 Å². The van der Waals surface area contributed by atoms with Crippen LogP contribution in [-0.2, 0) is 10.9 Å². The van der Waals surface area contributed by atoms with E-state index < -0.39 is 23.3 Å². The molecule has 172 valence electrons. The van der Waals surface area contributed by atoms with E-state index in [0.29, 0.717) is 48.8 Å². The van der Waals surface area contributed by atoms with E-state index >= 15 is 0 Å². The maximum absolute atomic E-state index is 13.8. The number of morpholine rings is 1. The Bertz CT molecular complexity index is 1290. The molecule has 0 bridgehead atoms. The van der Waals surface area contributed by atoms with Crippen LogP contribution in [0.1, 0.15) is 35.5 Å². The zero-order chi connectivity index (χ0) is 23.8. The van der Waals surface area contributed by atoms with Crippen molar-refractivity contribution >= 4 is 16.7 Å². The lowest BCUT2D eigenvalue weighted by molar-refractivity contribution is -0.138. The summed E-state index contributed by atoms with van der Waals surface area (Å²) in [5.74, 6) is 0.657. The maximum Gasteiger partial charge on any atom is 0.418 e. The zero-order valence-electron chi connectivity index (χ0n) is 18.0. The molecule has 2 aromatic heterocycles. The van der Waals surface area contributed by atoms with Crippen LogP contribution in [0.4, 0.5) is 19.0 Å². The van der Waals surface area contributed by atoms with Gasteiger partial charge in [-0.2, -0.15) is 18.4 Å². The maximum atomic E-state index is 13.8. The molecule has 1 aliphatic rings. The van der Waals surface area contributed by atoms with Gasteiger partial charge in [-0.3, -0.25) is 4.79 Å². The molecule has 0 unspecified atom stereocenters. The molecule has 3 aromatic rings. The average molecular weight is 458 g/mol. The number of anilines is 1. The average Bonchev–Trinajstić information content (AvgIpc) is 2.77. The quantitative estimate of drug-likeness (QED) is 0.642. The van der Waals surface area contributed by atoms with Crippen LogP contribution in [0.25, 0.3) is 10.9 Å². The van der Waals surface area contributed by atoms with Gasteiger partial charge in [-0.05, 0) is 25.5 Å². The second-order valence-corrected chi connectivity index (χ2v) is 7.69. The van der Waals surface area contributed by atoms with Gasteiger partial charge in [0.25, 0.3) is 5.56 Å². The first-order valence-corrected chi connectivity index (χ1v) is 10.3. The van der Waals surface area contributed by atoms with Gasteiger partial charge in [0.2, 0.25) is 0 Å². The van der Waals surface area contributed by atoms with E-state index in [0.717, 1.165) is 6.07 Å². The molecule has 3 heterocycles. The zero-order valence-corrected chi connectivity index (χ0v) is 18.0. The van der Waals surface area contributed by atoms with Gasteiger partial charge in [-0.15, -0.1) is 0 Å². The van der Waals surface area contributed by atoms with E-state index in [1.54, 1.807) is 26.1 Å². The Balaban J connectivity index is 1.79. The van der Waals surface area contributed by atoms with Gasteiger partial charge in [0.1, 0.15) is 11.6 Å². The van der Waals surface area contributed by atoms with Crippen molar-refractivity contribution in [3.8, 4) is 6.07 Å². The van der Waals surface area contributed by atoms with Crippen molar-refractivity contribution in [2.75, 3.05) is 36.6 Å². The van der Waals surface area contributed by atoms with Gasteiger partial charge in [-0.25, -0.2) is 14.6 Å². The van der Waals surface area contributed by atoms with Gasteiger partial charge >= 0.3 is 6.18 Å². The highest BCUT2D eigenvalue weighted by atomic mass is 19.4. The topological polar surface area (TPSA) is 96.1 Å². The van der Waals surface area contributed by atoms with Gasteiger partial charge in [0.15, 0.2) is 0 Å². The van der Waals surface area contributed by atoms with Crippen molar-refractivity contribution in [3.63, 3.8) is 0 Å². The van der Waals surface area contributed by atoms with Gasteiger partial charge in [0, 0.05) is 12.3 Å². The number of rotatable bonds is 4. The molecule has 11 heteroatoms. The molecule has 1 aromatic carbocycles. The molecule has 0 saturated carbocycles. The molecular weight excluding hydrogens is 437 g/mol. The molecule has 0 aliphatic carbocycles. The minimum absolute atomic E-state index is 0.0764. The lowest BCUT2D eigenvalue weighted by Gasteiger charge is -2.30. The summed E-state index contributed by atoms with van der Waals surface area (Å²) in [6.45, 7) is 5.20. The number of alkyl halides is 3. The van der Waals surface area contributed by atoms with Crippen LogP contribution < -0.4 is 15.9 Å². The number of nitriles is 1. The predicted octanol–water partition coefficient (Wildman–Crippen LogP) is 3.13. The molecule has 33 heavy (non-hydrogen) atoms. The molecule has 1 aliphatic heterocycles. The summed E-state index contributed by atoms with van der Waals surface area (Å²) >= 11 is 0. The van der Waals surface area contributed by atoms with E-state index in [1.807, 2.05) is 5.01 Å². The second kappa shape index (κ2) is 8.71. The fourth-order valence-electron chi connectivity index (χ4n) is 3.93. The highest BCUT2D eigenvalue weighted by molar-refractivity contribution is 5.88. The number of nitrogens with zero attached hydrogens (tertiary/aromatic N) is 5. The standard InChI is InChI=1S/C22H21F3N6O2/c1-13(16-5-3-4-15(11-26)20(16)22(23,24)25)27-21-17-12-31(30-6-8-33-9-7-30)19(32)10-18(17)28-14(2)29-21/h3-5,10,12-13H,6-9H2,1-2H3,(H,27,28,29)/t13-/m1/s1. The van der Waals surface area contributed by atoms with Crippen LogP contribution in [0, 0.1) is 18.3 Å². The number of hydrogen-bond acceptors (Lipinski definition) is 7. The molecule has 1 N–H and O–H groups in total. The lowest BCUT2D eigenvalue weighted by Crippen LogP contribution is -2.48. The number of benzene rings is 1. The Morgan fingerprint density at radius 2 is 1.97 bits per heavy atom. The fourth-order valence-corrected chi connectivity index (χ4v) is 3.93. The first-order valence-electron chi connectivity index (χ1n) is 10.3. The molecule has 8 nitrogen and oxygen atoms in total. The van der Waals surface area contributed by atoms with E-state index in [9.17, 15) is 23.2 Å². The van der Waals surface area contributed by atoms with E-state index in [4.69, 9.17) is 4.74 Å². The van der Waals surface area contributed by atoms with Crippen LogP contribution >= 0.6 is 0 Å². The number of pyridine rings is 1. The van der Waals surface area contributed by atoms with Crippen molar-refractivity contribution in [3.05, 3.63) is 63.3 Å². The number of nitrogens with one attached hydrogen (secondary N) is 1. The third kappa shape index (κ3) is 4.47. The molecule has 1 atom stereocenters. The first-order chi connectivity index (χ1) is 15.7. The molecule has 0 amide bonds. The molecule has 0 spiro atoms. The largest absolute Gasteiger partial charge is 0.418 e. The number of hydrogen-bond donors (Lipinski definition) is 1. The Hall–Kier alpha value is -3.65. The normalized spacial score (nSPS) is 15.3. The Morgan fingerprint density at radius 3 is 2.64 bits per heavy atom. The molecular formula is C22H21F3N6O2. The highest BCUT2D eigenvalue weighted by Gasteiger charge is 2.37. The minimum atomic E-state index is -4.70. The van der Waals surface area contributed by atoms with Crippen LogP contribution in [0.2, 0.25) is 0 Å². The van der Waals surface area contributed by atoms with Crippen molar-refractivity contribution in [2.24, 2.45) is 0 Å². The van der Waals surface area contributed by atoms with Crippen molar-refractivity contribution in [1.82, 2.24) is 14.6 Å². The summed E-state index contributed by atoms with van der Waals surface area (Å²) in [5, 5.41) is 14.6. The molecule has 4 rings (SSSR count). The summed E-state index contributed by atoms with van der Waals surface area (Å²) in [6.07, 6.45) is -3.11. The number of aromatic nitrogens is 3. The molecule has 1 fully saturated rings. The number of ether oxygens (including phenoxy) is 1. The summed E-state index contributed by atoms with van der Waals surface area (Å²) < 4.78 is 48.1. The second-order valence-electron chi connectivity index (χ2n) is 7.69. The van der Waals surface area contributed by atoms with Crippen molar-refractivity contribution in [2.45, 2.75) is 26.1 Å². The summed E-state index contributed by atoms with van der Waals surface area (Å²) in [7, 11) is 0. The Kier molecular flexibility index (Phi) is 5.95. The SMILES string of the molecule is Cc1nc(N[C@H](C)c2cccc(C#N)c2C(F)(F)F)c2cn(N3CCOCC3)c(=O)cc2n1. The Labute approximate surface area is 187 Å². The molecule has 1 saturated heterocycles. The Morgan fingerprint density at radius 1 is 1.24 bits per heavy atom. The van der Waals surface area contributed by atoms with Gasteiger partial charge < -0.3 is 15.1 Å². The summed E-state index contributed by atoms with van der Waals surface area (Å²) in [4.78, 5) is 21.4. The summed E-state index contributed by atoms with van der Waals surface area (Å²) in [6, 6.07) is 6.06. The smallest absolute Gasteiger partial charge is 0.378 e. The van der Waals surface area contributed by atoms with Crippen LogP contribution in [0.15, 0.2) is 35.3 Å². The van der Waals surface area contributed by atoms with Gasteiger partial charge in [0.05, 0.1) is 60.4 Å². The lowest BCUT2D eigenvalue weighted by atomic mass is 9.96. The number of aryl methyl sites for hydroxylation is 1. The van der Waals surface area contributed by atoms with E-state index in [2.05, 4.69) is 15.3 Å². The minimum Gasteiger partial charge on any atom is -0.378 e. The van der Waals surface area contributed by atoms with E-state index in [-0.39, 0.29) is 11.1 Å². The number of halogens is 3. The summed E-state index contributed by atoms with van der Waals surface area (Å²) in [5.41, 5.74) is -1.39. The van der Waals surface area contributed by atoms with Gasteiger partial charge in [-0.1, -0.05) is 12.1 Å². The monoisotopic (exact) mass is 458 g/mol. The third-order valence-electron chi connectivity index (χ3n) is 5.44. The molecule has 0 radical (unpaired) electrons. The first kappa shape index (κ1) is 22.5. The van der Waals surface area contributed by atoms with Crippen LogP contribution in [0.5, 0.6) is 0 Å². The van der Waals surface area contributed by atoms with Crippen molar-refractivity contribution < 1.29 is 17.9 Å². The van der Waals surface area contributed by atoms with Crippen LogP contribution in [0.3, 0.4) is 0 Å².